The Kier molecular flexibility index (Phi) is 6.26. The normalized spacial score (nSPS) is 11.2. The predicted molar refractivity (Wildman–Crippen MR) is 109 cm³/mol. The highest BCUT2D eigenvalue weighted by atomic mass is 16.2. The zero-order valence-electron chi connectivity index (χ0n) is 17.0. The largest absolute Gasteiger partial charge is 0.351 e. The van der Waals surface area contributed by atoms with Gasteiger partial charge in [-0.3, -0.25) is 19.1 Å². The highest BCUT2D eigenvalue weighted by Crippen LogP contribution is 2.14. The van der Waals surface area contributed by atoms with E-state index in [-0.39, 0.29) is 5.91 Å². The van der Waals surface area contributed by atoms with Crippen LogP contribution >= 0.6 is 0 Å². The summed E-state index contributed by atoms with van der Waals surface area (Å²) < 4.78 is 3.77. The number of aromatic nitrogens is 4. The predicted octanol–water partition coefficient (Wildman–Crippen LogP) is 2.03. The van der Waals surface area contributed by atoms with Crippen molar-refractivity contribution in [3.05, 3.63) is 70.8 Å². The molecule has 1 amide bonds. The summed E-state index contributed by atoms with van der Waals surface area (Å²) in [5.41, 5.74) is 5.43. The molecule has 0 saturated heterocycles. The number of nitrogens with zero attached hydrogens (tertiary/aromatic N) is 5. The SMILES string of the molecule is Cc1nn(Cc2ccccc2)c(C)c1CNC(=O)CN(C)Cc1cnn(C)c1. The molecule has 1 N–H and O–H groups in total. The number of aryl methyl sites for hydroxylation is 2. The van der Waals surface area contributed by atoms with E-state index in [0.29, 0.717) is 19.6 Å². The van der Waals surface area contributed by atoms with Crippen molar-refractivity contribution in [2.75, 3.05) is 13.6 Å². The Hall–Kier alpha value is -2.93. The molecule has 148 valence electrons. The molecule has 3 rings (SSSR count). The standard InChI is InChI=1S/C21H28N6O/c1-16-20(17(2)27(24-16)14-18-8-6-5-7-9-18)11-22-21(28)15-25(3)12-19-10-23-26(4)13-19/h5-10,13H,11-12,14-15H2,1-4H3,(H,22,28). The summed E-state index contributed by atoms with van der Waals surface area (Å²) in [5.74, 6) is 0.000926. The lowest BCUT2D eigenvalue weighted by molar-refractivity contribution is -0.122. The lowest BCUT2D eigenvalue weighted by atomic mass is 10.2. The van der Waals surface area contributed by atoms with Crippen LogP contribution in [0.25, 0.3) is 0 Å². The lowest BCUT2D eigenvalue weighted by Gasteiger charge is -2.15. The van der Waals surface area contributed by atoms with Gasteiger partial charge < -0.3 is 5.32 Å². The van der Waals surface area contributed by atoms with Gasteiger partial charge in [0.05, 0.1) is 25.0 Å². The van der Waals surface area contributed by atoms with Gasteiger partial charge in [-0.15, -0.1) is 0 Å². The van der Waals surface area contributed by atoms with Gasteiger partial charge in [0, 0.05) is 43.2 Å². The number of likely N-dealkylation sites (N-methyl/N-ethyl adjacent to an activating group) is 1. The maximum Gasteiger partial charge on any atom is 0.234 e. The zero-order chi connectivity index (χ0) is 20.1. The second kappa shape index (κ2) is 8.84. The van der Waals surface area contributed by atoms with Gasteiger partial charge in [-0.1, -0.05) is 30.3 Å². The monoisotopic (exact) mass is 380 g/mol. The number of nitrogens with one attached hydrogen (secondary N) is 1. The maximum absolute atomic E-state index is 12.3. The topological polar surface area (TPSA) is 68.0 Å². The molecule has 0 radical (unpaired) electrons. The van der Waals surface area contributed by atoms with Gasteiger partial charge in [0.15, 0.2) is 0 Å². The van der Waals surface area contributed by atoms with E-state index in [4.69, 9.17) is 0 Å². The van der Waals surface area contributed by atoms with E-state index in [9.17, 15) is 4.79 Å². The van der Waals surface area contributed by atoms with Crippen molar-refractivity contribution < 1.29 is 4.79 Å². The molecule has 0 bridgehead atoms. The van der Waals surface area contributed by atoms with Gasteiger partial charge >= 0.3 is 0 Å². The van der Waals surface area contributed by atoms with Crippen molar-refractivity contribution >= 4 is 5.91 Å². The second-order valence-corrected chi connectivity index (χ2v) is 7.26. The van der Waals surface area contributed by atoms with Crippen LogP contribution in [0.2, 0.25) is 0 Å². The molecular weight excluding hydrogens is 352 g/mol. The van der Waals surface area contributed by atoms with Crippen LogP contribution in [0.1, 0.15) is 28.1 Å². The van der Waals surface area contributed by atoms with Crippen molar-refractivity contribution in [2.45, 2.75) is 33.5 Å². The Morgan fingerprint density at radius 3 is 2.61 bits per heavy atom. The molecule has 0 spiro atoms. The van der Waals surface area contributed by atoms with E-state index in [1.165, 1.54) is 5.56 Å². The number of hydrogen-bond donors (Lipinski definition) is 1. The molecule has 1 aromatic carbocycles. The number of rotatable bonds is 8. The molecule has 2 heterocycles. The summed E-state index contributed by atoms with van der Waals surface area (Å²) in [6.07, 6.45) is 3.78. The number of benzene rings is 1. The summed E-state index contributed by atoms with van der Waals surface area (Å²) in [6, 6.07) is 10.3. The van der Waals surface area contributed by atoms with E-state index >= 15 is 0 Å². The summed E-state index contributed by atoms with van der Waals surface area (Å²) >= 11 is 0. The molecule has 3 aromatic rings. The number of carbonyl (C=O) groups excluding carboxylic acids is 1. The van der Waals surface area contributed by atoms with E-state index in [0.717, 1.165) is 29.1 Å². The van der Waals surface area contributed by atoms with E-state index in [1.54, 1.807) is 4.68 Å². The van der Waals surface area contributed by atoms with Crippen molar-refractivity contribution in [1.82, 2.24) is 29.8 Å². The first-order chi connectivity index (χ1) is 13.4. The third-order valence-electron chi connectivity index (χ3n) is 4.79. The van der Waals surface area contributed by atoms with E-state index < -0.39 is 0 Å². The van der Waals surface area contributed by atoms with Crippen LogP contribution in [0, 0.1) is 13.8 Å². The van der Waals surface area contributed by atoms with Crippen LogP contribution in [0.4, 0.5) is 0 Å². The lowest BCUT2D eigenvalue weighted by Crippen LogP contribution is -2.34. The Morgan fingerprint density at radius 2 is 1.93 bits per heavy atom. The van der Waals surface area contributed by atoms with Gasteiger partial charge in [-0.05, 0) is 26.5 Å². The van der Waals surface area contributed by atoms with Gasteiger partial charge in [-0.25, -0.2) is 0 Å². The average molecular weight is 380 g/mol. The van der Waals surface area contributed by atoms with Crippen LogP contribution in [0.5, 0.6) is 0 Å². The molecule has 0 atom stereocenters. The summed E-state index contributed by atoms with van der Waals surface area (Å²) in [4.78, 5) is 14.3. The number of carbonyl (C=O) groups is 1. The maximum atomic E-state index is 12.3. The molecule has 0 saturated carbocycles. The molecule has 0 unspecified atom stereocenters. The minimum Gasteiger partial charge on any atom is -0.351 e. The first-order valence-corrected chi connectivity index (χ1v) is 9.42. The molecule has 0 aliphatic heterocycles. The highest BCUT2D eigenvalue weighted by Gasteiger charge is 2.14. The van der Waals surface area contributed by atoms with Crippen molar-refractivity contribution in [1.29, 1.82) is 0 Å². The fourth-order valence-corrected chi connectivity index (χ4v) is 3.31. The van der Waals surface area contributed by atoms with Gasteiger partial charge in [0.25, 0.3) is 0 Å². The fourth-order valence-electron chi connectivity index (χ4n) is 3.31. The van der Waals surface area contributed by atoms with Crippen molar-refractivity contribution in [2.24, 2.45) is 7.05 Å². The summed E-state index contributed by atoms with van der Waals surface area (Å²) in [6.45, 7) is 6.30. The molecule has 0 aliphatic rings. The van der Waals surface area contributed by atoms with Crippen LogP contribution in [-0.4, -0.2) is 44.0 Å². The quantitative estimate of drug-likeness (QED) is 0.649. The second-order valence-electron chi connectivity index (χ2n) is 7.26. The van der Waals surface area contributed by atoms with Crippen LogP contribution in [-0.2, 0) is 31.5 Å². The number of amides is 1. The minimum atomic E-state index is 0.000926. The molecule has 0 fully saturated rings. The Bertz CT molecular complexity index is 928. The summed E-state index contributed by atoms with van der Waals surface area (Å²) in [7, 11) is 3.82. The molecule has 28 heavy (non-hydrogen) atoms. The first-order valence-electron chi connectivity index (χ1n) is 9.42. The van der Waals surface area contributed by atoms with E-state index in [1.807, 2.05) is 61.2 Å². The van der Waals surface area contributed by atoms with Crippen LogP contribution in [0.15, 0.2) is 42.7 Å². The fraction of sp³-hybridized carbons (Fsp3) is 0.381. The Morgan fingerprint density at radius 1 is 1.18 bits per heavy atom. The molecule has 7 nitrogen and oxygen atoms in total. The minimum absolute atomic E-state index is 0.000926. The zero-order valence-corrected chi connectivity index (χ0v) is 17.0. The molecule has 0 aliphatic carbocycles. The Labute approximate surface area is 166 Å². The third-order valence-corrected chi connectivity index (χ3v) is 4.79. The molecule has 2 aromatic heterocycles. The van der Waals surface area contributed by atoms with Gasteiger partial charge in [0.2, 0.25) is 5.91 Å². The van der Waals surface area contributed by atoms with Crippen molar-refractivity contribution in [3.63, 3.8) is 0 Å². The van der Waals surface area contributed by atoms with Crippen molar-refractivity contribution in [3.8, 4) is 0 Å². The highest BCUT2D eigenvalue weighted by molar-refractivity contribution is 5.78. The average Bonchev–Trinajstić information content (AvgIpc) is 3.17. The number of hydrogen-bond acceptors (Lipinski definition) is 4. The van der Waals surface area contributed by atoms with Crippen LogP contribution < -0.4 is 5.32 Å². The summed E-state index contributed by atoms with van der Waals surface area (Å²) in [5, 5.41) is 11.8. The van der Waals surface area contributed by atoms with Gasteiger partial charge in [-0.2, -0.15) is 10.2 Å². The van der Waals surface area contributed by atoms with Gasteiger partial charge in [0.1, 0.15) is 0 Å². The van der Waals surface area contributed by atoms with E-state index in [2.05, 4.69) is 34.6 Å². The smallest absolute Gasteiger partial charge is 0.234 e. The first kappa shape index (κ1) is 19.8. The third kappa shape index (κ3) is 5.07. The Balaban J connectivity index is 1.54. The van der Waals surface area contributed by atoms with Crippen LogP contribution in [0.3, 0.4) is 0 Å². The molecular formula is C21H28N6O. The molecule has 7 heteroatoms.